The summed E-state index contributed by atoms with van der Waals surface area (Å²) in [7, 11) is -3.40. The molecule has 1 aromatic rings. The molecule has 4 nitrogen and oxygen atoms in total. The van der Waals surface area contributed by atoms with Crippen LogP contribution in [0, 0.1) is 13.8 Å². The predicted octanol–water partition coefficient (Wildman–Crippen LogP) is 1.72. The molecule has 5 heteroatoms. The van der Waals surface area contributed by atoms with Gasteiger partial charge in [0.2, 0.25) is 10.0 Å². The number of hydrogen-bond acceptors (Lipinski definition) is 3. The van der Waals surface area contributed by atoms with Crippen molar-refractivity contribution >= 4 is 10.0 Å². The van der Waals surface area contributed by atoms with Gasteiger partial charge in [0.25, 0.3) is 0 Å². The average molecular weight is 282 g/mol. The third-order valence-electron chi connectivity index (χ3n) is 3.55. The average Bonchev–Trinajstić information content (AvgIpc) is 2.37. The number of hydrogen-bond donors (Lipinski definition) is 2. The summed E-state index contributed by atoms with van der Waals surface area (Å²) in [5, 5.41) is 3.34. The van der Waals surface area contributed by atoms with Gasteiger partial charge in [0.05, 0.1) is 4.90 Å². The van der Waals surface area contributed by atoms with Crippen LogP contribution in [0.15, 0.2) is 23.1 Å². The minimum Gasteiger partial charge on any atom is -0.313 e. The van der Waals surface area contributed by atoms with Gasteiger partial charge >= 0.3 is 0 Å². The molecule has 1 aliphatic rings. The SMILES string of the molecule is Cc1ccc(S(=O)(=O)NCC2CCCCN2)c(C)c1. The molecule has 2 N–H and O–H groups in total. The lowest BCUT2D eigenvalue weighted by atomic mass is 10.1. The van der Waals surface area contributed by atoms with Crippen LogP contribution in [0.4, 0.5) is 0 Å². The smallest absolute Gasteiger partial charge is 0.240 e. The molecule has 1 aliphatic heterocycles. The van der Waals surface area contributed by atoms with Crippen molar-refractivity contribution in [1.29, 1.82) is 0 Å². The third-order valence-corrected chi connectivity index (χ3v) is 5.14. The van der Waals surface area contributed by atoms with Crippen LogP contribution in [0.1, 0.15) is 30.4 Å². The highest BCUT2D eigenvalue weighted by atomic mass is 32.2. The number of rotatable bonds is 4. The molecule has 2 rings (SSSR count). The van der Waals surface area contributed by atoms with Gasteiger partial charge in [0, 0.05) is 12.6 Å². The van der Waals surface area contributed by atoms with Crippen molar-refractivity contribution in [2.75, 3.05) is 13.1 Å². The molecular formula is C14H22N2O2S. The fourth-order valence-electron chi connectivity index (χ4n) is 2.49. The molecule has 1 atom stereocenters. The fourth-order valence-corrected chi connectivity index (χ4v) is 3.79. The fraction of sp³-hybridized carbons (Fsp3) is 0.571. The van der Waals surface area contributed by atoms with Crippen LogP contribution < -0.4 is 10.0 Å². The largest absolute Gasteiger partial charge is 0.313 e. The van der Waals surface area contributed by atoms with Gasteiger partial charge in [-0.15, -0.1) is 0 Å². The Kier molecular flexibility index (Phi) is 4.60. The maximum absolute atomic E-state index is 12.3. The minimum absolute atomic E-state index is 0.259. The summed E-state index contributed by atoms with van der Waals surface area (Å²) in [6.45, 7) is 5.24. The molecule has 1 unspecified atom stereocenters. The van der Waals surface area contributed by atoms with Crippen LogP contribution >= 0.6 is 0 Å². The zero-order chi connectivity index (χ0) is 13.9. The number of sulfonamides is 1. The van der Waals surface area contributed by atoms with Gasteiger partial charge in [-0.05, 0) is 44.9 Å². The van der Waals surface area contributed by atoms with Gasteiger partial charge in [-0.25, -0.2) is 13.1 Å². The molecule has 0 saturated carbocycles. The molecule has 1 fully saturated rings. The molecule has 1 saturated heterocycles. The standard InChI is InChI=1S/C14H22N2O2S/c1-11-6-7-14(12(2)9-11)19(17,18)16-10-13-5-3-4-8-15-13/h6-7,9,13,15-16H,3-5,8,10H2,1-2H3. The van der Waals surface area contributed by atoms with Crippen molar-refractivity contribution in [3.8, 4) is 0 Å². The lowest BCUT2D eigenvalue weighted by Crippen LogP contribution is -2.43. The lowest BCUT2D eigenvalue weighted by molar-refractivity contribution is 0.398. The van der Waals surface area contributed by atoms with Gasteiger partial charge in [0.15, 0.2) is 0 Å². The molecule has 106 valence electrons. The molecule has 0 aromatic heterocycles. The van der Waals surface area contributed by atoms with E-state index in [9.17, 15) is 8.42 Å². The topological polar surface area (TPSA) is 58.2 Å². The van der Waals surface area contributed by atoms with Crippen LogP contribution in [0.3, 0.4) is 0 Å². The van der Waals surface area contributed by atoms with Crippen molar-refractivity contribution in [2.24, 2.45) is 0 Å². The summed E-state index contributed by atoms with van der Waals surface area (Å²) < 4.78 is 27.3. The molecular weight excluding hydrogens is 260 g/mol. The highest BCUT2D eigenvalue weighted by Crippen LogP contribution is 2.16. The number of aryl methyl sites for hydroxylation is 2. The van der Waals surface area contributed by atoms with Crippen LogP contribution in [0.5, 0.6) is 0 Å². The van der Waals surface area contributed by atoms with Crippen molar-refractivity contribution < 1.29 is 8.42 Å². The molecule has 19 heavy (non-hydrogen) atoms. The van der Waals surface area contributed by atoms with Crippen LogP contribution in [-0.2, 0) is 10.0 Å². The maximum atomic E-state index is 12.3. The Morgan fingerprint density at radius 1 is 1.32 bits per heavy atom. The Balaban J connectivity index is 2.05. The van der Waals surface area contributed by atoms with Crippen LogP contribution in [-0.4, -0.2) is 27.5 Å². The molecule has 0 bridgehead atoms. The summed E-state index contributed by atoms with van der Waals surface area (Å²) in [5.74, 6) is 0. The number of nitrogens with one attached hydrogen (secondary N) is 2. The van der Waals surface area contributed by atoms with Gasteiger partial charge in [-0.1, -0.05) is 24.1 Å². The van der Waals surface area contributed by atoms with E-state index in [-0.39, 0.29) is 6.04 Å². The van der Waals surface area contributed by atoms with Gasteiger partial charge in [-0.2, -0.15) is 0 Å². The number of piperidine rings is 1. The monoisotopic (exact) mass is 282 g/mol. The Labute approximate surface area is 115 Å². The summed E-state index contributed by atoms with van der Waals surface area (Å²) in [6.07, 6.45) is 3.39. The summed E-state index contributed by atoms with van der Waals surface area (Å²) in [4.78, 5) is 0.383. The van der Waals surface area contributed by atoms with E-state index < -0.39 is 10.0 Å². The van der Waals surface area contributed by atoms with E-state index in [1.165, 1.54) is 12.8 Å². The normalized spacial score (nSPS) is 20.4. The first-order chi connectivity index (χ1) is 8.99. The molecule has 1 aromatic carbocycles. The van der Waals surface area contributed by atoms with E-state index in [0.717, 1.165) is 24.1 Å². The summed E-state index contributed by atoms with van der Waals surface area (Å²) in [5.41, 5.74) is 1.87. The van der Waals surface area contributed by atoms with E-state index in [1.807, 2.05) is 26.0 Å². The molecule has 0 amide bonds. The highest BCUT2D eigenvalue weighted by Gasteiger charge is 2.19. The molecule has 0 radical (unpaired) electrons. The quantitative estimate of drug-likeness (QED) is 0.884. The van der Waals surface area contributed by atoms with Crippen LogP contribution in [0.2, 0.25) is 0 Å². The highest BCUT2D eigenvalue weighted by molar-refractivity contribution is 7.89. The second-order valence-electron chi connectivity index (χ2n) is 5.27. The first kappa shape index (κ1) is 14.5. The maximum Gasteiger partial charge on any atom is 0.240 e. The Bertz CT molecular complexity index is 534. The second-order valence-corrected chi connectivity index (χ2v) is 7.00. The Morgan fingerprint density at radius 2 is 2.11 bits per heavy atom. The summed E-state index contributed by atoms with van der Waals surface area (Å²) in [6, 6.07) is 5.67. The van der Waals surface area contributed by atoms with Gasteiger partial charge in [0.1, 0.15) is 0 Å². The number of benzene rings is 1. The van der Waals surface area contributed by atoms with E-state index in [4.69, 9.17) is 0 Å². The van der Waals surface area contributed by atoms with Crippen molar-refractivity contribution in [2.45, 2.75) is 44.0 Å². The zero-order valence-corrected chi connectivity index (χ0v) is 12.4. The van der Waals surface area contributed by atoms with E-state index in [2.05, 4.69) is 10.0 Å². The Morgan fingerprint density at radius 3 is 2.74 bits per heavy atom. The van der Waals surface area contributed by atoms with Crippen molar-refractivity contribution in [3.05, 3.63) is 29.3 Å². The molecule has 0 spiro atoms. The predicted molar refractivity (Wildman–Crippen MR) is 76.7 cm³/mol. The van der Waals surface area contributed by atoms with Gasteiger partial charge in [-0.3, -0.25) is 0 Å². The summed E-state index contributed by atoms with van der Waals surface area (Å²) >= 11 is 0. The first-order valence-corrected chi connectivity index (χ1v) is 8.28. The van der Waals surface area contributed by atoms with Crippen molar-refractivity contribution in [1.82, 2.24) is 10.0 Å². The lowest BCUT2D eigenvalue weighted by Gasteiger charge is -2.23. The first-order valence-electron chi connectivity index (χ1n) is 6.79. The Hall–Kier alpha value is -0.910. The van der Waals surface area contributed by atoms with E-state index >= 15 is 0 Å². The minimum atomic E-state index is -3.40. The van der Waals surface area contributed by atoms with Gasteiger partial charge < -0.3 is 5.32 Å². The zero-order valence-electron chi connectivity index (χ0n) is 11.6. The van der Waals surface area contributed by atoms with Crippen LogP contribution in [0.25, 0.3) is 0 Å². The molecule has 1 heterocycles. The third kappa shape index (κ3) is 3.78. The van der Waals surface area contributed by atoms with Crippen molar-refractivity contribution in [3.63, 3.8) is 0 Å². The molecule has 0 aliphatic carbocycles. The van der Waals surface area contributed by atoms with E-state index in [1.54, 1.807) is 6.07 Å². The van der Waals surface area contributed by atoms with E-state index in [0.29, 0.717) is 11.4 Å². The second kappa shape index (κ2) is 6.03.